The Labute approximate surface area is 113 Å². The molecule has 0 unspecified atom stereocenters. The van der Waals surface area contributed by atoms with Crippen molar-refractivity contribution < 1.29 is 0 Å². The van der Waals surface area contributed by atoms with E-state index in [2.05, 4.69) is 37.4 Å². The minimum atomic E-state index is -0.533. The zero-order chi connectivity index (χ0) is 13.7. The lowest BCUT2D eigenvalue weighted by Crippen LogP contribution is -2.26. The van der Waals surface area contributed by atoms with Crippen LogP contribution in [0.3, 0.4) is 0 Å². The van der Waals surface area contributed by atoms with E-state index in [-0.39, 0.29) is 11.8 Å². The van der Waals surface area contributed by atoms with Gasteiger partial charge in [-0.25, -0.2) is 10.2 Å². The van der Waals surface area contributed by atoms with E-state index in [1.165, 1.54) is 6.20 Å². The van der Waals surface area contributed by atoms with Gasteiger partial charge in [-0.05, 0) is 12.1 Å². The van der Waals surface area contributed by atoms with Crippen LogP contribution in [0.5, 0.6) is 0 Å². The summed E-state index contributed by atoms with van der Waals surface area (Å²) >= 11 is 5.86. The van der Waals surface area contributed by atoms with Gasteiger partial charge < -0.3 is 0 Å². The predicted molar refractivity (Wildman–Crippen MR) is 72.7 cm³/mol. The highest BCUT2D eigenvalue weighted by Gasteiger charge is 2.06. The fourth-order valence-corrected chi connectivity index (χ4v) is 1.46. The molecule has 0 aliphatic carbocycles. The summed E-state index contributed by atoms with van der Waals surface area (Å²) in [6.07, 6.45) is 3.18. The standard InChI is InChI=1S/C11H11ClN6O/c1-2-4-14-18-10-15-9(16-11(19)17-10)8-6-7(12)3-5-13-8/h2-3,5-6,14H,1,4H2,(H2,15,16,17,18,19). The molecular weight excluding hydrogens is 268 g/mol. The van der Waals surface area contributed by atoms with Crippen molar-refractivity contribution in [1.82, 2.24) is 25.4 Å². The minimum absolute atomic E-state index is 0.141. The van der Waals surface area contributed by atoms with Gasteiger partial charge in [0.05, 0.1) is 0 Å². The molecule has 2 aromatic rings. The average Bonchev–Trinajstić information content (AvgIpc) is 2.38. The fourth-order valence-electron chi connectivity index (χ4n) is 1.30. The smallest absolute Gasteiger partial charge is 0.289 e. The van der Waals surface area contributed by atoms with Crippen LogP contribution in [0.2, 0.25) is 5.02 Å². The third-order valence-electron chi connectivity index (χ3n) is 2.06. The number of nitrogens with one attached hydrogen (secondary N) is 3. The van der Waals surface area contributed by atoms with E-state index in [4.69, 9.17) is 11.6 Å². The monoisotopic (exact) mass is 278 g/mol. The molecule has 0 bridgehead atoms. The SMILES string of the molecule is C=CCNNc1nc(-c2cc(Cl)ccn2)[nH]c(=O)n1. The molecular formula is C11H11ClN6O. The lowest BCUT2D eigenvalue weighted by Gasteiger charge is -2.05. The molecule has 19 heavy (non-hydrogen) atoms. The van der Waals surface area contributed by atoms with Crippen LogP contribution in [-0.2, 0) is 0 Å². The summed E-state index contributed by atoms with van der Waals surface area (Å²) in [4.78, 5) is 25.8. The van der Waals surface area contributed by atoms with E-state index in [0.29, 0.717) is 17.3 Å². The zero-order valence-electron chi connectivity index (χ0n) is 9.85. The van der Waals surface area contributed by atoms with Gasteiger partial charge in [0.15, 0.2) is 5.82 Å². The first-order valence-electron chi connectivity index (χ1n) is 5.39. The van der Waals surface area contributed by atoms with Gasteiger partial charge in [-0.1, -0.05) is 17.7 Å². The fraction of sp³-hybridized carbons (Fsp3) is 0.0909. The van der Waals surface area contributed by atoms with E-state index in [9.17, 15) is 4.79 Å². The molecule has 0 spiro atoms. The summed E-state index contributed by atoms with van der Waals surface area (Å²) in [6, 6.07) is 3.23. The van der Waals surface area contributed by atoms with Crippen LogP contribution in [0.1, 0.15) is 0 Å². The topological polar surface area (TPSA) is 95.6 Å². The summed E-state index contributed by atoms with van der Waals surface area (Å²) in [7, 11) is 0. The van der Waals surface area contributed by atoms with Crippen LogP contribution >= 0.6 is 11.6 Å². The van der Waals surface area contributed by atoms with E-state index < -0.39 is 5.69 Å². The Morgan fingerprint density at radius 2 is 2.32 bits per heavy atom. The van der Waals surface area contributed by atoms with Crippen LogP contribution in [0.15, 0.2) is 35.8 Å². The number of hydrogen-bond acceptors (Lipinski definition) is 6. The van der Waals surface area contributed by atoms with Gasteiger partial charge in [-0.3, -0.25) is 15.4 Å². The van der Waals surface area contributed by atoms with Crippen LogP contribution in [0.25, 0.3) is 11.5 Å². The normalized spacial score (nSPS) is 10.2. The molecule has 2 aromatic heterocycles. The van der Waals surface area contributed by atoms with Crippen molar-refractivity contribution in [1.29, 1.82) is 0 Å². The Morgan fingerprint density at radius 3 is 3.05 bits per heavy atom. The molecule has 0 saturated heterocycles. The molecule has 0 saturated carbocycles. The van der Waals surface area contributed by atoms with Crippen molar-refractivity contribution in [2.45, 2.75) is 0 Å². The number of pyridine rings is 1. The highest BCUT2D eigenvalue weighted by molar-refractivity contribution is 6.30. The maximum absolute atomic E-state index is 11.4. The Hall–Kier alpha value is -2.25. The Kier molecular flexibility index (Phi) is 4.22. The van der Waals surface area contributed by atoms with Gasteiger partial charge in [0.2, 0.25) is 5.95 Å². The number of H-pyrrole nitrogens is 1. The second-order valence-electron chi connectivity index (χ2n) is 3.48. The van der Waals surface area contributed by atoms with Crippen LogP contribution < -0.4 is 16.5 Å². The van der Waals surface area contributed by atoms with Crippen molar-refractivity contribution in [2.24, 2.45) is 0 Å². The molecule has 0 fully saturated rings. The van der Waals surface area contributed by atoms with Crippen LogP contribution in [0, 0.1) is 0 Å². The zero-order valence-corrected chi connectivity index (χ0v) is 10.6. The summed E-state index contributed by atoms with van der Waals surface area (Å²) < 4.78 is 0. The largest absolute Gasteiger partial charge is 0.349 e. The van der Waals surface area contributed by atoms with Crippen molar-refractivity contribution in [3.05, 3.63) is 46.5 Å². The summed E-state index contributed by atoms with van der Waals surface area (Å²) in [5, 5.41) is 0.503. The van der Waals surface area contributed by atoms with Crippen LogP contribution in [0.4, 0.5) is 5.95 Å². The number of anilines is 1. The lowest BCUT2D eigenvalue weighted by atomic mass is 10.3. The number of hydrazine groups is 1. The molecule has 0 aliphatic rings. The third-order valence-corrected chi connectivity index (χ3v) is 2.30. The first-order valence-corrected chi connectivity index (χ1v) is 5.77. The molecule has 98 valence electrons. The maximum Gasteiger partial charge on any atom is 0.349 e. The number of halogens is 1. The molecule has 0 aromatic carbocycles. The van der Waals surface area contributed by atoms with Gasteiger partial charge in [0.25, 0.3) is 0 Å². The Balaban J connectivity index is 2.31. The number of rotatable bonds is 5. The highest BCUT2D eigenvalue weighted by Crippen LogP contribution is 2.15. The van der Waals surface area contributed by atoms with Gasteiger partial charge in [-0.2, -0.15) is 9.97 Å². The summed E-state index contributed by atoms with van der Waals surface area (Å²) in [6.45, 7) is 4.05. The Bertz CT molecular complexity index is 641. The average molecular weight is 279 g/mol. The second kappa shape index (κ2) is 6.07. The summed E-state index contributed by atoms with van der Waals surface area (Å²) in [5.41, 5.74) is 5.39. The highest BCUT2D eigenvalue weighted by atomic mass is 35.5. The van der Waals surface area contributed by atoms with Gasteiger partial charge >= 0.3 is 5.69 Å². The number of aromatic amines is 1. The molecule has 0 atom stereocenters. The van der Waals surface area contributed by atoms with E-state index in [1.54, 1.807) is 18.2 Å². The van der Waals surface area contributed by atoms with Gasteiger partial charge in [-0.15, -0.1) is 6.58 Å². The van der Waals surface area contributed by atoms with Gasteiger partial charge in [0.1, 0.15) is 5.69 Å². The quantitative estimate of drug-likeness (QED) is 0.429. The van der Waals surface area contributed by atoms with Crippen LogP contribution in [-0.4, -0.2) is 26.5 Å². The van der Waals surface area contributed by atoms with E-state index in [0.717, 1.165) is 0 Å². The van der Waals surface area contributed by atoms with Crippen molar-refractivity contribution >= 4 is 17.5 Å². The van der Waals surface area contributed by atoms with Crippen molar-refractivity contribution in [3.8, 4) is 11.5 Å². The number of hydrogen-bond donors (Lipinski definition) is 3. The number of nitrogens with zero attached hydrogens (tertiary/aromatic N) is 3. The first-order chi connectivity index (χ1) is 9.19. The lowest BCUT2D eigenvalue weighted by molar-refractivity contribution is 0.853. The maximum atomic E-state index is 11.4. The number of aromatic nitrogens is 4. The van der Waals surface area contributed by atoms with E-state index >= 15 is 0 Å². The third kappa shape index (κ3) is 3.60. The van der Waals surface area contributed by atoms with Gasteiger partial charge in [0, 0.05) is 17.8 Å². The van der Waals surface area contributed by atoms with E-state index in [1.807, 2.05) is 0 Å². The molecule has 3 N–H and O–H groups in total. The summed E-state index contributed by atoms with van der Waals surface area (Å²) in [5.74, 6) is 0.424. The molecule has 0 aliphatic heterocycles. The van der Waals surface area contributed by atoms with Crippen molar-refractivity contribution in [3.63, 3.8) is 0 Å². The molecule has 2 heterocycles. The molecule has 0 radical (unpaired) electrons. The second-order valence-corrected chi connectivity index (χ2v) is 3.92. The molecule has 0 amide bonds. The Morgan fingerprint density at radius 1 is 1.47 bits per heavy atom. The molecule has 8 heteroatoms. The molecule has 7 nitrogen and oxygen atoms in total. The van der Waals surface area contributed by atoms with Crippen molar-refractivity contribution in [2.75, 3.05) is 12.0 Å². The first kappa shape index (κ1) is 13.2. The molecule has 2 rings (SSSR count). The predicted octanol–water partition coefficient (Wildman–Crippen LogP) is 0.983. The minimum Gasteiger partial charge on any atom is -0.289 e.